The maximum Gasteiger partial charge on any atom is 0.296 e. The van der Waals surface area contributed by atoms with Crippen LogP contribution in [-0.2, 0) is 4.79 Å². The van der Waals surface area contributed by atoms with E-state index in [-0.39, 0.29) is 17.8 Å². The van der Waals surface area contributed by atoms with Crippen molar-refractivity contribution in [3.05, 3.63) is 29.3 Å². The van der Waals surface area contributed by atoms with E-state index < -0.39 is 23.9 Å². The molecule has 0 aliphatic carbocycles. The fourth-order valence-electron chi connectivity index (χ4n) is 1.97. The number of benzene rings is 1. The molecule has 1 aromatic rings. The maximum atomic E-state index is 11.5. The number of Topliss-reactive ketones (excluding diaryl/α,β-unsaturated/α-hetero) is 1. The van der Waals surface area contributed by atoms with E-state index >= 15 is 0 Å². The van der Waals surface area contributed by atoms with Crippen LogP contribution in [0.5, 0.6) is 0 Å². The number of hydrogen-bond acceptors (Lipinski definition) is 5. The number of carbonyl (C=O) groups excluding carboxylic acids is 2. The number of anilines is 1. The van der Waals surface area contributed by atoms with E-state index in [2.05, 4.69) is 10.6 Å². The summed E-state index contributed by atoms with van der Waals surface area (Å²) in [6.07, 6.45) is -2.19. The van der Waals surface area contributed by atoms with E-state index in [4.69, 9.17) is 0 Å². The fourth-order valence-corrected chi connectivity index (χ4v) is 1.97. The standard InChI is InChI=1S/C12H14N2O4/c1-13-5-8(15)10(16)6-3-2-4-7-9(6)14-12(18)11(7)17/h2-4,8,10,13,15-16H,5H2,1H3,(H,14,17,18). The molecule has 0 fully saturated rings. The van der Waals surface area contributed by atoms with Crippen LogP contribution in [0.1, 0.15) is 22.0 Å². The number of aliphatic hydroxyl groups excluding tert-OH is 2. The molecule has 0 saturated carbocycles. The second-order valence-electron chi connectivity index (χ2n) is 4.12. The van der Waals surface area contributed by atoms with Gasteiger partial charge in [0.25, 0.3) is 11.7 Å². The van der Waals surface area contributed by atoms with Crippen LogP contribution in [0.25, 0.3) is 0 Å². The summed E-state index contributed by atoms with van der Waals surface area (Å²) in [5.41, 5.74) is 0.859. The highest BCUT2D eigenvalue weighted by molar-refractivity contribution is 6.51. The number of rotatable bonds is 4. The van der Waals surface area contributed by atoms with Gasteiger partial charge in [0.05, 0.1) is 17.4 Å². The number of nitrogens with one attached hydrogen (secondary N) is 2. The third-order valence-corrected chi connectivity index (χ3v) is 2.88. The van der Waals surface area contributed by atoms with Gasteiger partial charge >= 0.3 is 0 Å². The number of hydrogen-bond donors (Lipinski definition) is 4. The molecule has 1 aliphatic rings. The van der Waals surface area contributed by atoms with Crippen molar-refractivity contribution in [2.24, 2.45) is 0 Å². The predicted octanol–water partition coefficient (Wildman–Crippen LogP) is -0.565. The first-order valence-corrected chi connectivity index (χ1v) is 5.55. The summed E-state index contributed by atoms with van der Waals surface area (Å²) in [6.45, 7) is 0.201. The van der Waals surface area contributed by atoms with Crippen LogP contribution in [0, 0.1) is 0 Å². The Labute approximate surface area is 104 Å². The lowest BCUT2D eigenvalue weighted by Gasteiger charge is -2.19. The molecule has 0 bridgehead atoms. The smallest absolute Gasteiger partial charge is 0.296 e. The average molecular weight is 250 g/mol. The maximum absolute atomic E-state index is 11.5. The van der Waals surface area contributed by atoms with Crippen LogP contribution in [0.3, 0.4) is 0 Å². The van der Waals surface area contributed by atoms with Gasteiger partial charge in [0.15, 0.2) is 0 Å². The highest BCUT2D eigenvalue weighted by atomic mass is 16.3. The Morgan fingerprint density at radius 1 is 1.33 bits per heavy atom. The Morgan fingerprint density at radius 2 is 2.06 bits per heavy atom. The zero-order valence-electron chi connectivity index (χ0n) is 9.80. The van der Waals surface area contributed by atoms with Crippen LogP contribution in [0.4, 0.5) is 5.69 Å². The van der Waals surface area contributed by atoms with Crippen molar-refractivity contribution in [3.63, 3.8) is 0 Å². The molecule has 2 atom stereocenters. The van der Waals surface area contributed by atoms with Crippen molar-refractivity contribution in [1.29, 1.82) is 0 Å². The van der Waals surface area contributed by atoms with Gasteiger partial charge in [0.2, 0.25) is 0 Å². The monoisotopic (exact) mass is 250 g/mol. The molecule has 18 heavy (non-hydrogen) atoms. The molecule has 0 radical (unpaired) electrons. The average Bonchev–Trinajstić information content (AvgIpc) is 2.65. The van der Waals surface area contributed by atoms with E-state index in [1.807, 2.05) is 0 Å². The molecule has 96 valence electrons. The Kier molecular flexibility index (Phi) is 3.42. The van der Waals surface area contributed by atoms with Crippen LogP contribution < -0.4 is 10.6 Å². The lowest BCUT2D eigenvalue weighted by atomic mass is 9.99. The number of likely N-dealkylation sites (N-methyl/N-ethyl adjacent to an activating group) is 1. The van der Waals surface area contributed by atoms with Gasteiger partial charge in [-0.3, -0.25) is 9.59 Å². The van der Waals surface area contributed by atoms with Gasteiger partial charge in [-0.25, -0.2) is 0 Å². The van der Waals surface area contributed by atoms with Crippen LogP contribution in [-0.4, -0.2) is 41.6 Å². The Bertz CT molecular complexity index is 501. The SMILES string of the molecule is CNCC(O)C(O)c1cccc2c1NC(=O)C2=O. The first kappa shape index (κ1) is 12.7. The minimum Gasteiger partial charge on any atom is -0.389 e. The highest BCUT2D eigenvalue weighted by Crippen LogP contribution is 2.32. The molecule has 6 nitrogen and oxygen atoms in total. The van der Waals surface area contributed by atoms with Crippen LogP contribution >= 0.6 is 0 Å². The summed E-state index contributed by atoms with van der Waals surface area (Å²) >= 11 is 0. The Morgan fingerprint density at radius 3 is 2.72 bits per heavy atom. The molecule has 1 aliphatic heterocycles. The summed E-state index contributed by atoms with van der Waals surface area (Å²) in [5, 5.41) is 24.9. The summed E-state index contributed by atoms with van der Waals surface area (Å²) in [5.74, 6) is -1.34. The molecule has 6 heteroatoms. The molecule has 0 aromatic heterocycles. The lowest BCUT2D eigenvalue weighted by Crippen LogP contribution is -2.30. The lowest BCUT2D eigenvalue weighted by molar-refractivity contribution is -0.112. The summed E-state index contributed by atoms with van der Waals surface area (Å²) < 4.78 is 0. The number of amides is 1. The van der Waals surface area contributed by atoms with E-state index in [1.54, 1.807) is 19.2 Å². The minimum atomic E-state index is -1.17. The van der Waals surface area contributed by atoms with Gasteiger partial charge in [-0.1, -0.05) is 12.1 Å². The Hall–Kier alpha value is -1.76. The van der Waals surface area contributed by atoms with Gasteiger partial charge in [-0.15, -0.1) is 0 Å². The van der Waals surface area contributed by atoms with Crippen molar-refractivity contribution < 1.29 is 19.8 Å². The predicted molar refractivity (Wildman–Crippen MR) is 64.3 cm³/mol. The molecule has 1 heterocycles. The first-order chi connectivity index (χ1) is 8.56. The summed E-state index contributed by atoms with van der Waals surface area (Å²) in [7, 11) is 1.65. The first-order valence-electron chi connectivity index (χ1n) is 5.55. The highest BCUT2D eigenvalue weighted by Gasteiger charge is 2.32. The number of carbonyl (C=O) groups is 2. The van der Waals surface area contributed by atoms with Gasteiger partial charge in [-0.05, 0) is 13.1 Å². The van der Waals surface area contributed by atoms with Crippen molar-refractivity contribution in [3.8, 4) is 0 Å². The summed E-state index contributed by atoms with van der Waals surface area (Å²) in [6, 6.07) is 4.65. The van der Waals surface area contributed by atoms with E-state index in [1.165, 1.54) is 6.07 Å². The van der Waals surface area contributed by atoms with E-state index in [0.717, 1.165) is 0 Å². The van der Waals surface area contributed by atoms with Gasteiger partial charge in [-0.2, -0.15) is 0 Å². The number of fused-ring (bicyclic) bond motifs is 1. The van der Waals surface area contributed by atoms with Crippen molar-refractivity contribution in [2.75, 3.05) is 18.9 Å². The molecular weight excluding hydrogens is 236 g/mol. The largest absolute Gasteiger partial charge is 0.389 e. The zero-order valence-corrected chi connectivity index (χ0v) is 9.80. The molecular formula is C12H14N2O4. The quantitative estimate of drug-likeness (QED) is 0.537. The normalized spacial score (nSPS) is 17.3. The molecule has 0 spiro atoms. The fraction of sp³-hybridized carbons (Fsp3) is 0.333. The van der Waals surface area contributed by atoms with Crippen molar-refractivity contribution in [2.45, 2.75) is 12.2 Å². The molecule has 1 amide bonds. The van der Waals surface area contributed by atoms with Crippen LogP contribution in [0.2, 0.25) is 0 Å². The molecule has 2 rings (SSSR count). The number of ketones is 1. The number of aliphatic hydroxyl groups is 2. The third-order valence-electron chi connectivity index (χ3n) is 2.88. The Balaban J connectivity index is 2.37. The van der Waals surface area contributed by atoms with Crippen molar-refractivity contribution in [1.82, 2.24) is 5.32 Å². The van der Waals surface area contributed by atoms with Crippen molar-refractivity contribution >= 4 is 17.4 Å². The minimum absolute atomic E-state index is 0.201. The second-order valence-corrected chi connectivity index (χ2v) is 4.12. The number of para-hydroxylation sites is 1. The van der Waals surface area contributed by atoms with Gasteiger partial charge in [0.1, 0.15) is 6.10 Å². The molecule has 4 N–H and O–H groups in total. The topological polar surface area (TPSA) is 98.7 Å². The molecule has 1 aromatic carbocycles. The second kappa shape index (κ2) is 4.85. The van der Waals surface area contributed by atoms with E-state index in [9.17, 15) is 19.8 Å². The third kappa shape index (κ3) is 2.01. The van der Waals surface area contributed by atoms with Gasteiger partial charge in [0, 0.05) is 12.1 Å². The molecule has 2 unspecified atom stereocenters. The zero-order chi connectivity index (χ0) is 13.3. The van der Waals surface area contributed by atoms with E-state index in [0.29, 0.717) is 5.56 Å². The molecule has 0 saturated heterocycles. The van der Waals surface area contributed by atoms with Crippen LogP contribution in [0.15, 0.2) is 18.2 Å². The summed E-state index contributed by atoms with van der Waals surface area (Å²) in [4.78, 5) is 22.8. The van der Waals surface area contributed by atoms with Gasteiger partial charge < -0.3 is 20.8 Å².